The molecule has 0 bridgehead atoms. The molecule has 0 aromatic carbocycles. The second-order valence-corrected chi connectivity index (χ2v) is 10.4. The van der Waals surface area contributed by atoms with Crippen molar-refractivity contribution in [2.24, 2.45) is 0 Å². The van der Waals surface area contributed by atoms with Crippen LogP contribution in [0.15, 0.2) is 60.9 Å². The number of carbonyl (C=O) groups excluding carboxylic acids is 2. The summed E-state index contributed by atoms with van der Waals surface area (Å²) >= 11 is 0. The van der Waals surface area contributed by atoms with Gasteiger partial charge in [-0.15, -0.1) is 10.2 Å². The number of halogens is 4. The third kappa shape index (κ3) is 9.36. The van der Waals surface area contributed by atoms with Crippen molar-refractivity contribution in [2.75, 3.05) is 10.6 Å². The quantitative estimate of drug-likeness (QED) is 0.201. The molecule has 2 amide bonds. The van der Waals surface area contributed by atoms with Gasteiger partial charge in [0.25, 0.3) is 0 Å². The summed E-state index contributed by atoms with van der Waals surface area (Å²) < 4.78 is 57.6. The minimum atomic E-state index is -2.96. The largest absolute Gasteiger partial charge is 0.433 e. The highest BCUT2D eigenvalue weighted by atomic mass is 19.3. The number of aromatic nitrogens is 6. The maximum atomic E-state index is 12.4. The third-order valence-electron chi connectivity index (χ3n) is 7.14. The van der Waals surface area contributed by atoms with Crippen LogP contribution in [0.2, 0.25) is 0 Å². The Balaban J connectivity index is 1.10. The van der Waals surface area contributed by atoms with Crippen LogP contribution in [0.3, 0.4) is 0 Å². The summed E-state index contributed by atoms with van der Waals surface area (Å²) in [4.78, 5) is 32.7. The van der Waals surface area contributed by atoms with Crippen molar-refractivity contribution in [3.8, 4) is 11.5 Å². The Morgan fingerprint density at radius 3 is 1.48 bits per heavy atom. The van der Waals surface area contributed by atoms with Crippen molar-refractivity contribution in [3.63, 3.8) is 0 Å². The van der Waals surface area contributed by atoms with Gasteiger partial charge < -0.3 is 20.1 Å². The SMILES string of the molecule is O=C(Cc1ccc(OC(F)F)cn1)Nc1ccc(C2CCCC(c3ccc(NC(=O)Cc4ccc(OC(F)F)cn4)nn3)C2)nn1. The van der Waals surface area contributed by atoms with Crippen LogP contribution in [0.25, 0.3) is 0 Å². The standard InChI is InChI=1S/C30H28F4N8O4/c31-29(32)45-21-6-4-19(35-15-21)13-27(43)37-25-10-8-23(39-41-25)17-2-1-3-18(12-17)24-9-11-26(42-40-24)38-28(44)14-20-5-7-22(16-36-20)46-30(33)34/h4-11,15-18,29-30H,1-3,12-14H2,(H,37,41,43)(H,38,42,44). The molecule has 0 saturated heterocycles. The number of hydrogen-bond acceptors (Lipinski definition) is 10. The van der Waals surface area contributed by atoms with Gasteiger partial charge in [-0.3, -0.25) is 19.6 Å². The summed E-state index contributed by atoms with van der Waals surface area (Å²) in [6, 6.07) is 12.5. The van der Waals surface area contributed by atoms with Crippen molar-refractivity contribution in [2.45, 2.75) is 63.6 Å². The van der Waals surface area contributed by atoms with E-state index in [0.29, 0.717) is 11.4 Å². The monoisotopic (exact) mass is 640 g/mol. The van der Waals surface area contributed by atoms with Gasteiger partial charge in [0.05, 0.1) is 36.6 Å². The average Bonchev–Trinajstić information content (AvgIpc) is 3.03. The molecule has 4 aromatic rings. The van der Waals surface area contributed by atoms with Crippen LogP contribution in [-0.2, 0) is 22.4 Å². The molecule has 2 atom stereocenters. The fraction of sp³-hybridized carbons (Fsp3) is 0.333. The molecular formula is C30H28F4N8O4. The lowest BCUT2D eigenvalue weighted by molar-refractivity contribution is -0.116. The lowest BCUT2D eigenvalue weighted by Gasteiger charge is -2.28. The lowest BCUT2D eigenvalue weighted by Crippen LogP contribution is -2.19. The van der Waals surface area contributed by atoms with E-state index >= 15 is 0 Å². The summed E-state index contributed by atoms with van der Waals surface area (Å²) in [7, 11) is 0. The maximum absolute atomic E-state index is 12.4. The van der Waals surface area contributed by atoms with Crippen molar-refractivity contribution in [1.29, 1.82) is 0 Å². The summed E-state index contributed by atoms with van der Waals surface area (Å²) in [6.07, 6.45) is 5.63. The number of anilines is 2. The molecule has 0 aliphatic heterocycles. The third-order valence-corrected chi connectivity index (χ3v) is 7.14. The second kappa shape index (κ2) is 15.1. The molecule has 1 aliphatic carbocycles. The van der Waals surface area contributed by atoms with Crippen molar-refractivity contribution >= 4 is 23.5 Å². The molecule has 2 N–H and O–H groups in total. The summed E-state index contributed by atoms with van der Waals surface area (Å²) in [5, 5.41) is 22.3. The first-order valence-electron chi connectivity index (χ1n) is 14.3. The van der Waals surface area contributed by atoms with Gasteiger partial charge in [-0.25, -0.2) is 0 Å². The van der Waals surface area contributed by atoms with Crippen LogP contribution in [0.5, 0.6) is 11.5 Å². The van der Waals surface area contributed by atoms with Gasteiger partial charge in [0, 0.05) is 23.2 Å². The van der Waals surface area contributed by atoms with E-state index in [-0.39, 0.29) is 59.6 Å². The molecule has 0 radical (unpaired) electrons. The molecule has 4 heterocycles. The first kappa shape index (κ1) is 32.1. The predicted molar refractivity (Wildman–Crippen MR) is 154 cm³/mol. The van der Waals surface area contributed by atoms with Crippen molar-refractivity contribution in [3.05, 3.63) is 83.7 Å². The number of carbonyl (C=O) groups is 2. The maximum Gasteiger partial charge on any atom is 0.387 e. The van der Waals surface area contributed by atoms with Gasteiger partial charge in [-0.2, -0.15) is 27.8 Å². The number of alkyl halides is 4. The lowest BCUT2D eigenvalue weighted by atomic mass is 9.78. The Labute approximate surface area is 260 Å². The minimum absolute atomic E-state index is 0.0847. The van der Waals surface area contributed by atoms with Crippen LogP contribution in [0, 0.1) is 0 Å². The van der Waals surface area contributed by atoms with Gasteiger partial charge in [0.1, 0.15) is 11.5 Å². The fourth-order valence-electron chi connectivity index (χ4n) is 5.06. The molecule has 1 aliphatic rings. The molecule has 1 fully saturated rings. The van der Waals surface area contributed by atoms with E-state index in [1.807, 2.05) is 12.1 Å². The number of nitrogens with one attached hydrogen (secondary N) is 2. The number of hydrogen-bond donors (Lipinski definition) is 2. The number of nitrogens with zero attached hydrogens (tertiary/aromatic N) is 6. The molecule has 5 rings (SSSR count). The molecule has 240 valence electrons. The van der Waals surface area contributed by atoms with E-state index < -0.39 is 13.2 Å². The van der Waals surface area contributed by atoms with Gasteiger partial charge in [-0.1, -0.05) is 6.42 Å². The van der Waals surface area contributed by atoms with Crippen LogP contribution in [-0.4, -0.2) is 55.4 Å². The molecule has 4 aromatic heterocycles. The highest BCUT2D eigenvalue weighted by Crippen LogP contribution is 2.40. The number of pyridine rings is 2. The van der Waals surface area contributed by atoms with E-state index in [1.54, 1.807) is 12.1 Å². The van der Waals surface area contributed by atoms with Gasteiger partial charge in [0.2, 0.25) is 11.8 Å². The molecule has 12 nitrogen and oxygen atoms in total. The van der Waals surface area contributed by atoms with Gasteiger partial charge in [-0.05, 0) is 67.8 Å². The zero-order valence-corrected chi connectivity index (χ0v) is 24.2. The van der Waals surface area contributed by atoms with Gasteiger partial charge in [0.15, 0.2) is 11.6 Å². The van der Waals surface area contributed by atoms with E-state index in [2.05, 4.69) is 50.5 Å². The topological polar surface area (TPSA) is 154 Å². The molecule has 2 unspecified atom stereocenters. The Kier molecular flexibility index (Phi) is 10.6. The first-order valence-corrected chi connectivity index (χ1v) is 14.3. The normalized spacial score (nSPS) is 16.2. The first-order chi connectivity index (χ1) is 22.2. The van der Waals surface area contributed by atoms with Crippen LogP contribution >= 0.6 is 0 Å². The summed E-state index contributed by atoms with van der Waals surface area (Å²) in [5.41, 5.74) is 2.33. The predicted octanol–water partition coefficient (Wildman–Crippen LogP) is 5.06. The van der Waals surface area contributed by atoms with E-state index in [9.17, 15) is 27.2 Å². The zero-order valence-electron chi connectivity index (χ0n) is 24.2. The van der Waals surface area contributed by atoms with Gasteiger partial charge >= 0.3 is 13.2 Å². The summed E-state index contributed by atoms with van der Waals surface area (Å²) in [6.45, 7) is -5.91. The van der Waals surface area contributed by atoms with E-state index in [1.165, 1.54) is 24.3 Å². The average molecular weight is 641 g/mol. The van der Waals surface area contributed by atoms with Crippen molar-refractivity contribution < 1.29 is 36.6 Å². The zero-order chi connectivity index (χ0) is 32.5. The molecular weight excluding hydrogens is 612 g/mol. The van der Waals surface area contributed by atoms with Crippen LogP contribution in [0.1, 0.15) is 60.3 Å². The fourth-order valence-corrected chi connectivity index (χ4v) is 5.06. The number of amides is 2. The molecule has 46 heavy (non-hydrogen) atoms. The Morgan fingerprint density at radius 1 is 0.674 bits per heavy atom. The van der Waals surface area contributed by atoms with Crippen LogP contribution in [0.4, 0.5) is 29.2 Å². The second-order valence-electron chi connectivity index (χ2n) is 10.4. The van der Waals surface area contributed by atoms with Crippen LogP contribution < -0.4 is 20.1 Å². The number of ether oxygens (including phenoxy) is 2. The van der Waals surface area contributed by atoms with E-state index in [0.717, 1.165) is 49.5 Å². The molecule has 16 heteroatoms. The smallest absolute Gasteiger partial charge is 0.387 e. The highest BCUT2D eigenvalue weighted by molar-refractivity contribution is 5.91. The molecule has 1 saturated carbocycles. The highest BCUT2D eigenvalue weighted by Gasteiger charge is 2.27. The number of rotatable bonds is 12. The van der Waals surface area contributed by atoms with Crippen molar-refractivity contribution in [1.82, 2.24) is 30.4 Å². The Hall–Kier alpha value is -5.28. The molecule has 0 spiro atoms. The Bertz CT molecular complexity index is 1480. The minimum Gasteiger partial charge on any atom is -0.433 e. The summed E-state index contributed by atoms with van der Waals surface area (Å²) in [5.74, 6) is -0.169. The van der Waals surface area contributed by atoms with E-state index in [4.69, 9.17) is 0 Å². The Morgan fingerprint density at radius 2 is 1.13 bits per heavy atom.